The quantitative estimate of drug-likeness (QED) is 0.602. The van der Waals surface area contributed by atoms with Gasteiger partial charge in [0.05, 0.1) is 23.8 Å². The van der Waals surface area contributed by atoms with Crippen LogP contribution in [0.3, 0.4) is 0 Å². The maximum Gasteiger partial charge on any atom is 0.343 e. The van der Waals surface area contributed by atoms with Crippen LogP contribution in [0.5, 0.6) is 17.2 Å². The second kappa shape index (κ2) is 7.13. The molecule has 0 saturated carbocycles. The van der Waals surface area contributed by atoms with Crippen LogP contribution in [-0.4, -0.2) is 19.7 Å². The van der Waals surface area contributed by atoms with Gasteiger partial charge in [-0.25, -0.2) is 4.79 Å². The van der Waals surface area contributed by atoms with Crippen LogP contribution < -0.4 is 14.2 Å². The van der Waals surface area contributed by atoms with Gasteiger partial charge in [-0.15, -0.1) is 0 Å². The summed E-state index contributed by atoms with van der Waals surface area (Å²) in [5.74, 6) is 1.13. The summed E-state index contributed by atoms with van der Waals surface area (Å²) in [6.07, 6.45) is 0. The molecule has 0 radical (unpaired) electrons. The number of benzene rings is 2. The largest absolute Gasteiger partial charge is 0.493 e. The first-order valence-electron chi connectivity index (χ1n) is 6.43. The van der Waals surface area contributed by atoms with Gasteiger partial charge in [0.2, 0.25) is 0 Å². The molecule has 110 valence electrons. The fourth-order valence-electron chi connectivity index (χ4n) is 1.76. The minimum Gasteiger partial charge on any atom is -0.493 e. The molecule has 21 heavy (non-hydrogen) atoms. The van der Waals surface area contributed by atoms with Crippen molar-refractivity contribution in [2.75, 3.05) is 13.7 Å². The number of hydrogen-bond donors (Lipinski definition) is 0. The van der Waals surface area contributed by atoms with Gasteiger partial charge in [-0.2, -0.15) is 0 Å². The zero-order valence-corrected chi connectivity index (χ0v) is 13.3. The Bertz CT molecular complexity index is 640. The highest BCUT2D eigenvalue weighted by Crippen LogP contribution is 2.29. The Hall–Kier alpha value is -2.01. The van der Waals surface area contributed by atoms with Gasteiger partial charge in [0.25, 0.3) is 0 Å². The molecule has 0 unspecified atom stereocenters. The lowest BCUT2D eigenvalue weighted by Crippen LogP contribution is -2.09. The van der Waals surface area contributed by atoms with Crippen molar-refractivity contribution in [2.24, 2.45) is 0 Å². The maximum atomic E-state index is 12.2. The zero-order chi connectivity index (χ0) is 15.2. The highest BCUT2D eigenvalue weighted by Gasteiger charge is 2.13. The number of hydrogen-bond acceptors (Lipinski definition) is 4. The van der Waals surface area contributed by atoms with Crippen molar-refractivity contribution in [1.29, 1.82) is 0 Å². The summed E-state index contributed by atoms with van der Waals surface area (Å²) in [5.41, 5.74) is 0.427. The first-order valence-corrected chi connectivity index (χ1v) is 7.22. The van der Waals surface area contributed by atoms with Crippen LogP contribution in [0.4, 0.5) is 0 Å². The summed E-state index contributed by atoms with van der Waals surface area (Å²) in [4.78, 5) is 12.2. The number of rotatable bonds is 5. The van der Waals surface area contributed by atoms with E-state index in [-0.39, 0.29) is 0 Å². The fraction of sp³-hybridized carbons (Fsp3) is 0.188. The van der Waals surface area contributed by atoms with Crippen LogP contribution in [0.25, 0.3) is 0 Å². The van der Waals surface area contributed by atoms with Crippen LogP contribution in [0.2, 0.25) is 0 Å². The van der Waals surface area contributed by atoms with Crippen LogP contribution in [-0.2, 0) is 0 Å². The summed E-state index contributed by atoms with van der Waals surface area (Å²) in [7, 11) is 1.53. The predicted molar refractivity (Wildman–Crippen MR) is 83.3 cm³/mol. The van der Waals surface area contributed by atoms with E-state index in [1.54, 1.807) is 36.4 Å². The molecule has 0 bridgehead atoms. The molecule has 0 saturated heterocycles. The molecule has 0 N–H and O–H groups in total. The van der Waals surface area contributed by atoms with Crippen molar-refractivity contribution < 1.29 is 19.0 Å². The number of carbonyl (C=O) groups is 1. The Kier molecular flexibility index (Phi) is 5.22. The minimum absolute atomic E-state index is 0.384. The molecule has 4 nitrogen and oxygen atoms in total. The van der Waals surface area contributed by atoms with Crippen molar-refractivity contribution in [2.45, 2.75) is 6.92 Å². The summed E-state index contributed by atoms with van der Waals surface area (Å²) in [6, 6.07) is 12.1. The Morgan fingerprint density at radius 2 is 1.81 bits per heavy atom. The van der Waals surface area contributed by atoms with E-state index in [4.69, 9.17) is 14.2 Å². The van der Waals surface area contributed by atoms with Crippen LogP contribution >= 0.6 is 15.9 Å². The van der Waals surface area contributed by atoms with E-state index >= 15 is 0 Å². The van der Waals surface area contributed by atoms with Crippen LogP contribution in [0, 0.1) is 0 Å². The number of halogens is 1. The third-order valence-electron chi connectivity index (χ3n) is 2.74. The molecule has 0 amide bonds. The number of para-hydroxylation sites is 2. The van der Waals surface area contributed by atoms with Crippen molar-refractivity contribution >= 4 is 21.9 Å². The molecule has 0 aliphatic heterocycles. The normalized spacial score (nSPS) is 10.0. The van der Waals surface area contributed by atoms with Crippen LogP contribution in [0.1, 0.15) is 17.3 Å². The summed E-state index contributed by atoms with van der Waals surface area (Å²) in [6.45, 7) is 2.46. The zero-order valence-electron chi connectivity index (χ0n) is 11.8. The van der Waals surface area contributed by atoms with Crippen molar-refractivity contribution in [1.82, 2.24) is 0 Å². The second-order valence-electron chi connectivity index (χ2n) is 4.12. The van der Waals surface area contributed by atoms with E-state index in [1.165, 1.54) is 7.11 Å². The average Bonchev–Trinajstić information content (AvgIpc) is 2.50. The lowest BCUT2D eigenvalue weighted by Gasteiger charge is -2.10. The van der Waals surface area contributed by atoms with Gasteiger partial charge >= 0.3 is 5.97 Å². The average molecular weight is 351 g/mol. The number of methoxy groups -OCH3 is 1. The smallest absolute Gasteiger partial charge is 0.343 e. The van der Waals surface area contributed by atoms with Gasteiger partial charge in [-0.05, 0) is 53.2 Å². The molecule has 2 aromatic rings. The molecule has 2 aromatic carbocycles. The fourth-order valence-corrected chi connectivity index (χ4v) is 2.26. The number of ether oxygens (including phenoxy) is 3. The minimum atomic E-state index is -0.455. The van der Waals surface area contributed by atoms with E-state index in [2.05, 4.69) is 15.9 Å². The number of carbonyl (C=O) groups excluding carboxylic acids is 1. The molecule has 0 aliphatic rings. The Morgan fingerprint density at radius 3 is 2.43 bits per heavy atom. The lowest BCUT2D eigenvalue weighted by atomic mass is 10.2. The highest BCUT2D eigenvalue weighted by atomic mass is 79.9. The van der Waals surface area contributed by atoms with E-state index in [9.17, 15) is 4.79 Å². The topological polar surface area (TPSA) is 44.8 Å². The molecule has 0 aromatic heterocycles. The maximum absolute atomic E-state index is 12.2. The number of esters is 1. The van der Waals surface area contributed by atoms with Gasteiger partial charge in [-0.1, -0.05) is 12.1 Å². The van der Waals surface area contributed by atoms with Gasteiger partial charge in [0.1, 0.15) is 5.75 Å². The molecule has 0 heterocycles. The van der Waals surface area contributed by atoms with E-state index in [1.807, 2.05) is 13.0 Å². The predicted octanol–water partition coefficient (Wildman–Crippen LogP) is 4.08. The molecule has 5 heteroatoms. The van der Waals surface area contributed by atoms with E-state index in [0.29, 0.717) is 33.9 Å². The van der Waals surface area contributed by atoms with Gasteiger partial charge in [0, 0.05) is 0 Å². The third-order valence-corrected chi connectivity index (χ3v) is 3.36. The van der Waals surface area contributed by atoms with E-state index < -0.39 is 5.97 Å². The van der Waals surface area contributed by atoms with Gasteiger partial charge < -0.3 is 14.2 Å². The third kappa shape index (κ3) is 3.76. The monoisotopic (exact) mass is 350 g/mol. The van der Waals surface area contributed by atoms with Crippen molar-refractivity contribution in [3.8, 4) is 17.2 Å². The first kappa shape index (κ1) is 15.4. The molecule has 0 spiro atoms. The van der Waals surface area contributed by atoms with E-state index in [0.717, 1.165) is 0 Å². The van der Waals surface area contributed by atoms with Crippen molar-refractivity contribution in [3.63, 3.8) is 0 Å². The standard InChI is InChI=1S/C16H15BrO4/c1-3-20-13-9-8-11(10-12(13)17)16(18)21-15-7-5-4-6-14(15)19-2/h4-10H,3H2,1-2H3. The molecule has 2 rings (SSSR count). The van der Waals surface area contributed by atoms with Crippen molar-refractivity contribution in [3.05, 3.63) is 52.5 Å². The Labute approximate surface area is 131 Å². The summed E-state index contributed by atoms with van der Waals surface area (Å²) in [5, 5.41) is 0. The molecule has 0 atom stereocenters. The second-order valence-corrected chi connectivity index (χ2v) is 4.97. The molecular weight excluding hydrogens is 336 g/mol. The molecule has 0 fully saturated rings. The van der Waals surface area contributed by atoms with Gasteiger partial charge in [-0.3, -0.25) is 0 Å². The SMILES string of the molecule is CCOc1ccc(C(=O)Oc2ccccc2OC)cc1Br. The first-order chi connectivity index (χ1) is 10.2. The summed E-state index contributed by atoms with van der Waals surface area (Å²) < 4.78 is 16.6. The Balaban J connectivity index is 2.19. The molecule has 0 aliphatic carbocycles. The Morgan fingerprint density at radius 1 is 1.10 bits per heavy atom. The summed E-state index contributed by atoms with van der Waals surface area (Å²) >= 11 is 3.37. The van der Waals surface area contributed by atoms with Gasteiger partial charge in [0.15, 0.2) is 11.5 Å². The lowest BCUT2D eigenvalue weighted by molar-refractivity contribution is 0.0729. The molecular formula is C16H15BrO4. The van der Waals surface area contributed by atoms with Crippen LogP contribution in [0.15, 0.2) is 46.9 Å². The highest BCUT2D eigenvalue weighted by molar-refractivity contribution is 9.10.